The average molecular weight is 288 g/mol. The number of hydrogen-bond donors (Lipinski definition) is 0. The predicted molar refractivity (Wildman–Crippen MR) is 78.2 cm³/mol. The largest absolute Gasteiger partial charge is 0.493 e. The highest BCUT2D eigenvalue weighted by atomic mass is 32.1. The number of rotatable bonds is 6. The molecule has 0 N–H and O–H groups in total. The molecule has 0 aliphatic rings. The van der Waals surface area contributed by atoms with E-state index in [-0.39, 0.29) is 0 Å². The SMILES string of the molecule is CCCc1nc(COc2ccccc2OC)sc1C#N. The Bertz CT molecular complexity index is 617. The fourth-order valence-corrected chi connectivity index (χ4v) is 2.65. The number of aryl methyl sites for hydroxylation is 1. The molecule has 0 fully saturated rings. The Morgan fingerprint density at radius 3 is 2.70 bits per heavy atom. The lowest BCUT2D eigenvalue weighted by Gasteiger charge is -2.08. The maximum atomic E-state index is 9.09. The van der Waals surface area contributed by atoms with Gasteiger partial charge in [-0.2, -0.15) is 5.26 Å². The maximum absolute atomic E-state index is 9.09. The molecule has 0 unspecified atom stereocenters. The minimum Gasteiger partial charge on any atom is -0.493 e. The highest BCUT2D eigenvalue weighted by Crippen LogP contribution is 2.27. The fourth-order valence-electron chi connectivity index (χ4n) is 1.83. The molecule has 2 aromatic rings. The first kappa shape index (κ1) is 14.4. The van der Waals surface area contributed by atoms with Crippen molar-refractivity contribution < 1.29 is 9.47 Å². The molecule has 20 heavy (non-hydrogen) atoms. The van der Waals surface area contributed by atoms with E-state index in [0.717, 1.165) is 23.5 Å². The molecule has 1 aromatic heterocycles. The van der Waals surface area contributed by atoms with Crippen molar-refractivity contribution in [2.75, 3.05) is 7.11 Å². The first-order valence-electron chi connectivity index (χ1n) is 6.43. The van der Waals surface area contributed by atoms with E-state index in [0.29, 0.717) is 23.0 Å². The second-order valence-corrected chi connectivity index (χ2v) is 5.27. The standard InChI is InChI=1S/C15H16N2O2S/c1-3-6-11-14(9-16)20-15(17-11)10-19-13-8-5-4-7-12(13)18-2/h4-5,7-8H,3,6,10H2,1-2H3. The van der Waals surface area contributed by atoms with Crippen LogP contribution in [0, 0.1) is 11.3 Å². The lowest BCUT2D eigenvalue weighted by molar-refractivity contribution is 0.284. The first-order chi connectivity index (χ1) is 9.78. The second-order valence-electron chi connectivity index (χ2n) is 4.18. The third kappa shape index (κ3) is 3.28. The normalized spacial score (nSPS) is 10.1. The van der Waals surface area contributed by atoms with Gasteiger partial charge < -0.3 is 9.47 Å². The van der Waals surface area contributed by atoms with Gasteiger partial charge in [-0.25, -0.2) is 4.98 Å². The first-order valence-corrected chi connectivity index (χ1v) is 7.24. The zero-order chi connectivity index (χ0) is 14.4. The summed E-state index contributed by atoms with van der Waals surface area (Å²) < 4.78 is 10.9. The maximum Gasteiger partial charge on any atom is 0.161 e. The van der Waals surface area contributed by atoms with Crippen molar-refractivity contribution in [3.8, 4) is 17.6 Å². The second kappa shape index (κ2) is 6.92. The lowest BCUT2D eigenvalue weighted by atomic mass is 10.2. The predicted octanol–water partition coefficient (Wildman–Crippen LogP) is 3.55. The van der Waals surface area contributed by atoms with Gasteiger partial charge in [0, 0.05) is 0 Å². The van der Waals surface area contributed by atoms with Crippen LogP contribution in [0.15, 0.2) is 24.3 Å². The molecule has 0 saturated carbocycles. The number of para-hydroxylation sites is 2. The molecule has 0 radical (unpaired) electrons. The highest BCUT2D eigenvalue weighted by Gasteiger charge is 2.11. The number of nitriles is 1. The van der Waals surface area contributed by atoms with Crippen LogP contribution >= 0.6 is 11.3 Å². The number of aromatic nitrogens is 1. The summed E-state index contributed by atoms with van der Waals surface area (Å²) in [4.78, 5) is 5.16. The van der Waals surface area contributed by atoms with Gasteiger partial charge in [-0.05, 0) is 18.6 Å². The van der Waals surface area contributed by atoms with Crippen LogP contribution in [0.1, 0.15) is 28.9 Å². The van der Waals surface area contributed by atoms with Gasteiger partial charge in [0.15, 0.2) is 11.5 Å². The van der Waals surface area contributed by atoms with Gasteiger partial charge in [-0.1, -0.05) is 25.5 Å². The summed E-state index contributed by atoms with van der Waals surface area (Å²) >= 11 is 1.39. The molecule has 104 valence electrons. The Labute approximate surface area is 122 Å². The number of methoxy groups -OCH3 is 1. The third-order valence-electron chi connectivity index (χ3n) is 2.75. The van der Waals surface area contributed by atoms with Crippen LogP contribution in [0.25, 0.3) is 0 Å². The van der Waals surface area contributed by atoms with E-state index in [9.17, 15) is 0 Å². The van der Waals surface area contributed by atoms with Crippen LogP contribution in [0.2, 0.25) is 0 Å². The minimum absolute atomic E-state index is 0.351. The summed E-state index contributed by atoms with van der Waals surface area (Å²) in [5, 5.41) is 9.90. The molecule has 0 aliphatic heterocycles. The highest BCUT2D eigenvalue weighted by molar-refractivity contribution is 7.12. The van der Waals surface area contributed by atoms with Gasteiger partial charge >= 0.3 is 0 Å². The van der Waals surface area contributed by atoms with E-state index in [1.54, 1.807) is 7.11 Å². The Hall–Kier alpha value is -2.06. The molecule has 0 spiro atoms. The molecular formula is C15H16N2O2S. The van der Waals surface area contributed by atoms with Crippen molar-refractivity contribution in [1.82, 2.24) is 4.98 Å². The van der Waals surface area contributed by atoms with Crippen LogP contribution in [-0.2, 0) is 13.0 Å². The van der Waals surface area contributed by atoms with Crippen LogP contribution in [0.3, 0.4) is 0 Å². The van der Waals surface area contributed by atoms with Crippen molar-refractivity contribution >= 4 is 11.3 Å². The van der Waals surface area contributed by atoms with E-state index in [1.165, 1.54) is 11.3 Å². The molecule has 0 aliphatic carbocycles. The smallest absolute Gasteiger partial charge is 0.161 e. The Morgan fingerprint density at radius 2 is 2.05 bits per heavy atom. The van der Waals surface area contributed by atoms with Crippen molar-refractivity contribution in [1.29, 1.82) is 5.26 Å². The van der Waals surface area contributed by atoms with Gasteiger partial charge in [-0.3, -0.25) is 0 Å². The molecule has 0 atom stereocenters. The van der Waals surface area contributed by atoms with Gasteiger partial charge in [0.25, 0.3) is 0 Å². The number of nitrogens with zero attached hydrogens (tertiary/aromatic N) is 2. The summed E-state index contributed by atoms with van der Waals surface area (Å²) in [5.74, 6) is 1.37. The Balaban J connectivity index is 2.09. The van der Waals surface area contributed by atoms with E-state index < -0.39 is 0 Å². The minimum atomic E-state index is 0.351. The Kier molecular flexibility index (Phi) is 4.97. The molecule has 1 heterocycles. The number of benzene rings is 1. The van der Waals surface area contributed by atoms with E-state index in [2.05, 4.69) is 18.0 Å². The fraction of sp³-hybridized carbons (Fsp3) is 0.333. The van der Waals surface area contributed by atoms with Crippen LogP contribution < -0.4 is 9.47 Å². The zero-order valence-electron chi connectivity index (χ0n) is 11.5. The number of hydrogen-bond acceptors (Lipinski definition) is 5. The van der Waals surface area contributed by atoms with Crippen LogP contribution in [0.5, 0.6) is 11.5 Å². The topological polar surface area (TPSA) is 55.1 Å². The Morgan fingerprint density at radius 1 is 1.30 bits per heavy atom. The van der Waals surface area contributed by atoms with Gasteiger partial charge in [0.1, 0.15) is 22.6 Å². The van der Waals surface area contributed by atoms with Crippen LogP contribution in [-0.4, -0.2) is 12.1 Å². The summed E-state index contributed by atoms with van der Waals surface area (Å²) in [6.45, 7) is 2.43. The molecule has 1 aromatic carbocycles. The lowest BCUT2D eigenvalue weighted by Crippen LogP contribution is -1.97. The zero-order valence-corrected chi connectivity index (χ0v) is 12.4. The summed E-state index contributed by atoms with van der Waals surface area (Å²) in [6.07, 6.45) is 1.80. The molecule has 4 nitrogen and oxygen atoms in total. The monoisotopic (exact) mass is 288 g/mol. The third-order valence-corrected chi connectivity index (χ3v) is 3.73. The molecule has 2 rings (SSSR count). The summed E-state index contributed by atoms with van der Waals surface area (Å²) in [5.41, 5.74) is 0.874. The van der Waals surface area contributed by atoms with Crippen molar-refractivity contribution in [3.63, 3.8) is 0 Å². The van der Waals surface area contributed by atoms with Gasteiger partial charge in [0.05, 0.1) is 12.8 Å². The molecular weight excluding hydrogens is 272 g/mol. The average Bonchev–Trinajstić information content (AvgIpc) is 2.88. The van der Waals surface area contributed by atoms with E-state index >= 15 is 0 Å². The van der Waals surface area contributed by atoms with Crippen molar-refractivity contribution in [2.45, 2.75) is 26.4 Å². The number of thiazole rings is 1. The number of ether oxygens (including phenoxy) is 2. The van der Waals surface area contributed by atoms with E-state index in [4.69, 9.17) is 14.7 Å². The van der Waals surface area contributed by atoms with E-state index in [1.807, 2.05) is 24.3 Å². The van der Waals surface area contributed by atoms with Gasteiger partial charge in [0.2, 0.25) is 0 Å². The van der Waals surface area contributed by atoms with Crippen molar-refractivity contribution in [2.24, 2.45) is 0 Å². The molecule has 5 heteroatoms. The summed E-state index contributed by atoms with van der Waals surface area (Å²) in [7, 11) is 1.61. The molecule has 0 amide bonds. The van der Waals surface area contributed by atoms with Crippen molar-refractivity contribution in [3.05, 3.63) is 39.8 Å². The quantitative estimate of drug-likeness (QED) is 0.815. The summed E-state index contributed by atoms with van der Waals surface area (Å²) in [6, 6.07) is 9.68. The molecule has 0 bridgehead atoms. The molecule has 0 saturated heterocycles. The van der Waals surface area contributed by atoms with Crippen LogP contribution in [0.4, 0.5) is 0 Å². The van der Waals surface area contributed by atoms with Gasteiger partial charge in [-0.15, -0.1) is 11.3 Å².